The number of thiazole rings is 1. The van der Waals surface area contributed by atoms with Crippen LogP contribution in [-0.4, -0.2) is 71.5 Å². The van der Waals surface area contributed by atoms with Crippen LogP contribution in [0.2, 0.25) is 0 Å². The molecule has 7 heteroatoms. The number of hydrogen-bond acceptors (Lipinski definition) is 6. The molecule has 2 aliphatic heterocycles. The van der Waals surface area contributed by atoms with Crippen molar-refractivity contribution in [3.63, 3.8) is 0 Å². The number of carbonyl (C=O) groups is 1. The number of piperazine rings is 1. The van der Waals surface area contributed by atoms with Crippen LogP contribution >= 0.6 is 11.3 Å². The molecule has 0 aliphatic carbocycles. The molecule has 4 rings (SSSR count). The lowest BCUT2D eigenvalue weighted by Crippen LogP contribution is -2.50. The van der Waals surface area contributed by atoms with Gasteiger partial charge in [-0.1, -0.05) is 6.07 Å². The molecule has 6 nitrogen and oxygen atoms in total. The number of likely N-dealkylation sites (tertiary alicyclic amines) is 1. The van der Waals surface area contributed by atoms with Gasteiger partial charge < -0.3 is 9.80 Å². The highest BCUT2D eigenvalue weighted by molar-refractivity contribution is 7.07. The molecule has 0 spiro atoms. The van der Waals surface area contributed by atoms with Crippen molar-refractivity contribution >= 4 is 23.1 Å². The number of piperidine rings is 1. The molecule has 1 unspecified atom stereocenters. The van der Waals surface area contributed by atoms with Gasteiger partial charge in [-0.05, 0) is 30.9 Å². The Morgan fingerprint density at radius 1 is 1.15 bits per heavy atom. The topological polar surface area (TPSA) is 52.6 Å². The summed E-state index contributed by atoms with van der Waals surface area (Å²) < 4.78 is 0. The summed E-state index contributed by atoms with van der Waals surface area (Å²) in [6.07, 6.45) is 4.16. The van der Waals surface area contributed by atoms with Crippen LogP contribution in [-0.2, 0) is 0 Å². The first kappa shape index (κ1) is 17.4. The van der Waals surface area contributed by atoms with Gasteiger partial charge in [0.05, 0.1) is 5.51 Å². The Balaban J connectivity index is 1.27. The van der Waals surface area contributed by atoms with E-state index in [0.29, 0.717) is 11.6 Å². The van der Waals surface area contributed by atoms with E-state index in [4.69, 9.17) is 0 Å². The summed E-state index contributed by atoms with van der Waals surface area (Å²) in [4.78, 5) is 28.1. The SMILES string of the molecule is O=C(c1cscn1)N1CCCC(CN2CCN(c3ccccn3)CC2)C1. The summed E-state index contributed by atoms with van der Waals surface area (Å²) in [6.45, 7) is 6.96. The van der Waals surface area contributed by atoms with E-state index in [1.54, 1.807) is 5.51 Å². The zero-order valence-electron chi connectivity index (χ0n) is 15.0. The van der Waals surface area contributed by atoms with Gasteiger partial charge in [-0.3, -0.25) is 9.69 Å². The van der Waals surface area contributed by atoms with E-state index in [0.717, 1.165) is 58.1 Å². The van der Waals surface area contributed by atoms with E-state index >= 15 is 0 Å². The molecule has 2 aliphatic rings. The first-order valence-electron chi connectivity index (χ1n) is 9.35. The van der Waals surface area contributed by atoms with Crippen molar-refractivity contribution in [2.75, 3.05) is 50.7 Å². The Bertz CT molecular complexity index is 700. The van der Waals surface area contributed by atoms with Crippen molar-refractivity contribution < 1.29 is 4.79 Å². The van der Waals surface area contributed by atoms with Crippen molar-refractivity contribution in [3.05, 3.63) is 41.0 Å². The van der Waals surface area contributed by atoms with E-state index in [9.17, 15) is 4.79 Å². The third-order valence-corrected chi connectivity index (χ3v) is 5.91. The highest BCUT2D eigenvalue weighted by Crippen LogP contribution is 2.21. The minimum Gasteiger partial charge on any atom is -0.354 e. The smallest absolute Gasteiger partial charge is 0.273 e. The molecule has 0 N–H and O–H groups in total. The lowest BCUT2D eigenvalue weighted by atomic mass is 9.97. The highest BCUT2D eigenvalue weighted by Gasteiger charge is 2.28. The Morgan fingerprint density at radius 3 is 2.77 bits per heavy atom. The van der Waals surface area contributed by atoms with Crippen molar-refractivity contribution in [1.82, 2.24) is 19.8 Å². The number of anilines is 1. The Morgan fingerprint density at radius 2 is 2.04 bits per heavy atom. The van der Waals surface area contributed by atoms with Gasteiger partial charge in [0.2, 0.25) is 0 Å². The molecule has 0 radical (unpaired) electrons. The van der Waals surface area contributed by atoms with Gasteiger partial charge in [-0.25, -0.2) is 9.97 Å². The number of carbonyl (C=O) groups excluding carboxylic acids is 1. The van der Waals surface area contributed by atoms with Crippen LogP contribution in [0.15, 0.2) is 35.3 Å². The van der Waals surface area contributed by atoms with Crippen LogP contribution in [0, 0.1) is 5.92 Å². The van der Waals surface area contributed by atoms with Crippen molar-refractivity contribution in [1.29, 1.82) is 0 Å². The van der Waals surface area contributed by atoms with Crippen LogP contribution < -0.4 is 4.90 Å². The maximum Gasteiger partial charge on any atom is 0.273 e. The first-order chi connectivity index (χ1) is 12.8. The lowest BCUT2D eigenvalue weighted by Gasteiger charge is -2.39. The fourth-order valence-electron chi connectivity index (χ4n) is 3.94. The molecule has 26 heavy (non-hydrogen) atoms. The van der Waals surface area contributed by atoms with Gasteiger partial charge in [-0.2, -0.15) is 0 Å². The molecule has 0 aromatic carbocycles. The zero-order chi connectivity index (χ0) is 17.8. The minimum absolute atomic E-state index is 0.0934. The average molecular weight is 372 g/mol. The van der Waals surface area contributed by atoms with Crippen molar-refractivity contribution in [2.24, 2.45) is 5.92 Å². The Hall–Kier alpha value is -1.99. The fourth-order valence-corrected chi connectivity index (χ4v) is 4.47. The second-order valence-electron chi connectivity index (χ2n) is 7.11. The van der Waals surface area contributed by atoms with Crippen LogP contribution in [0.4, 0.5) is 5.82 Å². The molecule has 1 atom stereocenters. The monoisotopic (exact) mass is 371 g/mol. The maximum absolute atomic E-state index is 12.5. The fraction of sp³-hybridized carbons (Fsp3) is 0.526. The molecule has 0 bridgehead atoms. The van der Waals surface area contributed by atoms with Crippen LogP contribution in [0.3, 0.4) is 0 Å². The average Bonchev–Trinajstić information content (AvgIpc) is 3.24. The van der Waals surface area contributed by atoms with E-state index < -0.39 is 0 Å². The van der Waals surface area contributed by atoms with Crippen LogP contribution in [0.5, 0.6) is 0 Å². The van der Waals surface area contributed by atoms with E-state index in [1.165, 1.54) is 17.8 Å². The van der Waals surface area contributed by atoms with Crippen LogP contribution in [0.1, 0.15) is 23.3 Å². The number of pyridine rings is 1. The second-order valence-corrected chi connectivity index (χ2v) is 7.83. The number of rotatable bonds is 4. The van der Waals surface area contributed by atoms with E-state index in [2.05, 4.69) is 25.8 Å². The van der Waals surface area contributed by atoms with Gasteiger partial charge in [-0.15, -0.1) is 11.3 Å². The summed E-state index contributed by atoms with van der Waals surface area (Å²) in [7, 11) is 0. The van der Waals surface area contributed by atoms with Crippen molar-refractivity contribution in [2.45, 2.75) is 12.8 Å². The maximum atomic E-state index is 12.5. The van der Waals surface area contributed by atoms with Gasteiger partial charge >= 0.3 is 0 Å². The van der Waals surface area contributed by atoms with Gasteiger partial charge in [0.15, 0.2) is 0 Å². The molecule has 138 valence electrons. The van der Waals surface area contributed by atoms with Gasteiger partial charge in [0, 0.05) is 57.4 Å². The predicted molar refractivity (Wildman–Crippen MR) is 104 cm³/mol. The normalized spacial score (nSPS) is 21.8. The number of nitrogens with zero attached hydrogens (tertiary/aromatic N) is 5. The van der Waals surface area contributed by atoms with E-state index in [1.807, 2.05) is 28.6 Å². The Kier molecular flexibility index (Phi) is 5.45. The molecule has 4 heterocycles. The number of aromatic nitrogens is 2. The molecular formula is C19H25N5OS. The quantitative estimate of drug-likeness (QED) is 0.825. The van der Waals surface area contributed by atoms with Crippen LogP contribution in [0.25, 0.3) is 0 Å². The van der Waals surface area contributed by atoms with Gasteiger partial charge in [0.25, 0.3) is 5.91 Å². The van der Waals surface area contributed by atoms with Crippen molar-refractivity contribution in [3.8, 4) is 0 Å². The number of hydrogen-bond donors (Lipinski definition) is 0. The number of amides is 1. The molecule has 2 aromatic rings. The summed E-state index contributed by atoms with van der Waals surface area (Å²) in [6, 6.07) is 6.09. The molecule has 0 saturated carbocycles. The Labute approximate surface area is 158 Å². The summed E-state index contributed by atoms with van der Waals surface area (Å²) in [5.74, 6) is 1.73. The third kappa shape index (κ3) is 4.04. The molecule has 2 saturated heterocycles. The standard InChI is InChI=1S/C19H25N5OS/c25-19(17-14-26-15-21-17)24-7-3-4-16(13-24)12-22-8-10-23(11-9-22)18-5-1-2-6-20-18/h1-2,5-6,14-16H,3-4,7-13H2. The first-order valence-corrected chi connectivity index (χ1v) is 10.3. The summed E-state index contributed by atoms with van der Waals surface area (Å²) >= 11 is 1.48. The zero-order valence-corrected chi connectivity index (χ0v) is 15.8. The summed E-state index contributed by atoms with van der Waals surface area (Å²) in [5.41, 5.74) is 2.33. The molecule has 2 aromatic heterocycles. The molecule has 2 fully saturated rings. The summed E-state index contributed by atoms with van der Waals surface area (Å²) in [5, 5.41) is 1.85. The van der Waals surface area contributed by atoms with Gasteiger partial charge in [0.1, 0.15) is 11.5 Å². The minimum atomic E-state index is 0.0934. The second kappa shape index (κ2) is 8.14. The van der Waals surface area contributed by atoms with E-state index in [-0.39, 0.29) is 5.91 Å². The molecule has 1 amide bonds. The molecular weight excluding hydrogens is 346 g/mol. The predicted octanol–water partition coefficient (Wildman–Crippen LogP) is 2.21. The third-order valence-electron chi connectivity index (χ3n) is 5.32. The lowest BCUT2D eigenvalue weighted by molar-refractivity contribution is 0.0632. The highest BCUT2D eigenvalue weighted by atomic mass is 32.1. The largest absolute Gasteiger partial charge is 0.354 e.